The predicted octanol–water partition coefficient (Wildman–Crippen LogP) is 3.53. The number of fused-ring (bicyclic) bond motifs is 2. The van der Waals surface area contributed by atoms with Crippen molar-refractivity contribution >= 4 is 33.3 Å². The SMILES string of the molecule is CCN(CC)c1ccc2nc(-c3n[nH]c4ccc(N)cc34)[nH]c2c1. The van der Waals surface area contributed by atoms with Crippen molar-refractivity contribution < 1.29 is 0 Å². The van der Waals surface area contributed by atoms with Gasteiger partial charge < -0.3 is 15.6 Å². The van der Waals surface area contributed by atoms with Crippen LogP contribution in [-0.2, 0) is 0 Å². The van der Waals surface area contributed by atoms with Crippen LogP contribution in [0.5, 0.6) is 0 Å². The van der Waals surface area contributed by atoms with Gasteiger partial charge in [-0.2, -0.15) is 5.10 Å². The summed E-state index contributed by atoms with van der Waals surface area (Å²) in [5.41, 5.74) is 11.5. The van der Waals surface area contributed by atoms with Crippen LogP contribution in [0.1, 0.15) is 13.8 Å². The third-order valence-corrected chi connectivity index (χ3v) is 4.41. The van der Waals surface area contributed by atoms with Crippen LogP contribution < -0.4 is 10.6 Å². The van der Waals surface area contributed by atoms with Gasteiger partial charge in [0.1, 0.15) is 5.69 Å². The molecule has 0 spiro atoms. The van der Waals surface area contributed by atoms with Crippen LogP contribution in [0.15, 0.2) is 36.4 Å². The lowest BCUT2D eigenvalue weighted by molar-refractivity contribution is 0.867. The summed E-state index contributed by atoms with van der Waals surface area (Å²) in [4.78, 5) is 10.4. The molecule has 0 aliphatic carbocycles. The van der Waals surface area contributed by atoms with E-state index in [9.17, 15) is 0 Å². The van der Waals surface area contributed by atoms with E-state index in [2.05, 4.69) is 51.0 Å². The van der Waals surface area contributed by atoms with Gasteiger partial charge in [-0.1, -0.05) is 0 Å². The van der Waals surface area contributed by atoms with Crippen LogP contribution in [0.2, 0.25) is 0 Å². The Morgan fingerprint density at radius 3 is 2.67 bits per heavy atom. The van der Waals surface area contributed by atoms with E-state index in [0.717, 1.165) is 46.5 Å². The maximum atomic E-state index is 5.91. The zero-order valence-corrected chi connectivity index (χ0v) is 13.8. The Kier molecular flexibility index (Phi) is 3.37. The number of hydrogen-bond donors (Lipinski definition) is 3. The second kappa shape index (κ2) is 5.56. The summed E-state index contributed by atoms with van der Waals surface area (Å²) in [6.45, 7) is 6.28. The number of nitrogens with two attached hydrogens (primary N) is 1. The first-order valence-corrected chi connectivity index (χ1v) is 8.18. The van der Waals surface area contributed by atoms with Crippen molar-refractivity contribution in [3.8, 4) is 11.5 Å². The molecule has 4 N–H and O–H groups in total. The van der Waals surface area contributed by atoms with Gasteiger partial charge in [-0.25, -0.2) is 4.98 Å². The van der Waals surface area contributed by atoms with E-state index < -0.39 is 0 Å². The normalized spacial score (nSPS) is 11.4. The molecule has 0 fully saturated rings. The highest BCUT2D eigenvalue weighted by Crippen LogP contribution is 2.28. The van der Waals surface area contributed by atoms with Crippen molar-refractivity contribution in [3.63, 3.8) is 0 Å². The summed E-state index contributed by atoms with van der Waals surface area (Å²) < 4.78 is 0. The van der Waals surface area contributed by atoms with E-state index in [1.54, 1.807) is 0 Å². The second-order valence-corrected chi connectivity index (χ2v) is 5.84. The van der Waals surface area contributed by atoms with Crippen molar-refractivity contribution in [1.82, 2.24) is 20.2 Å². The molecule has 2 aromatic carbocycles. The number of nitrogens with one attached hydrogen (secondary N) is 2. The third kappa shape index (κ3) is 2.27. The maximum Gasteiger partial charge on any atom is 0.159 e. The smallest absolute Gasteiger partial charge is 0.159 e. The molecule has 2 heterocycles. The van der Waals surface area contributed by atoms with Crippen LogP contribution in [-0.4, -0.2) is 33.3 Å². The largest absolute Gasteiger partial charge is 0.399 e. The van der Waals surface area contributed by atoms with Crippen LogP contribution in [0.25, 0.3) is 33.5 Å². The molecule has 0 bridgehead atoms. The fourth-order valence-corrected chi connectivity index (χ4v) is 3.11. The highest BCUT2D eigenvalue weighted by atomic mass is 15.1. The zero-order valence-electron chi connectivity index (χ0n) is 13.8. The Morgan fingerprint density at radius 1 is 1.04 bits per heavy atom. The second-order valence-electron chi connectivity index (χ2n) is 5.84. The van der Waals surface area contributed by atoms with E-state index in [0.29, 0.717) is 5.69 Å². The topological polar surface area (TPSA) is 86.6 Å². The van der Waals surface area contributed by atoms with E-state index in [1.165, 1.54) is 5.69 Å². The minimum atomic E-state index is 0.713. The molecular formula is C18H20N6. The molecule has 0 saturated carbocycles. The van der Waals surface area contributed by atoms with Crippen molar-refractivity contribution in [2.24, 2.45) is 0 Å². The van der Waals surface area contributed by atoms with Crippen molar-refractivity contribution in [2.45, 2.75) is 13.8 Å². The van der Waals surface area contributed by atoms with Gasteiger partial charge in [-0.05, 0) is 50.2 Å². The number of aromatic amines is 2. The van der Waals surface area contributed by atoms with Gasteiger partial charge in [-0.3, -0.25) is 5.10 Å². The van der Waals surface area contributed by atoms with Gasteiger partial charge in [0.2, 0.25) is 0 Å². The average molecular weight is 320 g/mol. The van der Waals surface area contributed by atoms with Gasteiger partial charge in [0.05, 0.1) is 16.6 Å². The van der Waals surface area contributed by atoms with Crippen molar-refractivity contribution in [3.05, 3.63) is 36.4 Å². The molecule has 24 heavy (non-hydrogen) atoms. The fraction of sp³-hybridized carbons (Fsp3) is 0.222. The van der Waals surface area contributed by atoms with Crippen LogP contribution in [0, 0.1) is 0 Å². The average Bonchev–Trinajstić information content (AvgIpc) is 3.18. The van der Waals surface area contributed by atoms with Crippen molar-refractivity contribution in [1.29, 1.82) is 0 Å². The third-order valence-electron chi connectivity index (χ3n) is 4.41. The first-order valence-electron chi connectivity index (χ1n) is 8.18. The number of imidazole rings is 1. The predicted molar refractivity (Wildman–Crippen MR) is 99.2 cm³/mol. The molecule has 0 radical (unpaired) electrons. The standard InChI is InChI=1S/C18H20N6/c1-3-24(4-2)12-6-8-15-16(10-12)21-18(20-15)17-13-9-11(19)5-7-14(13)22-23-17/h5-10H,3-4,19H2,1-2H3,(H,20,21)(H,22,23). The van der Waals surface area contributed by atoms with Gasteiger partial charge in [0, 0.05) is 29.9 Å². The van der Waals surface area contributed by atoms with Crippen LogP contribution >= 0.6 is 0 Å². The summed E-state index contributed by atoms with van der Waals surface area (Å²) >= 11 is 0. The lowest BCUT2D eigenvalue weighted by Gasteiger charge is -2.20. The number of nitrogen functional groups attached to an aromatic ring is 1. The highest BCUT2D eigenvalue weighted by molar-refractivity contribution is 5.95. The molecular weight excluding hydrogens is 300 g/mol. The first kappa shape index (κ1) is 14.6. The number of nitrogens with zero attached hydrogens (tertiary/aromatic N) is 3. The van der Waals surface area contributed by atoms with E-state index in [4.69, 9.17) is 5.73 Å². The lowest BCUT2D eigenvalue weighted by atomic mass is 10.2. The molecule has 122 valence electrons. The summed E-state index contributed by atoms with van der Waals surface area (Å²) in [5, 5.41) is 8.41. The van der Waals surface area contributed by atoms with E-state index >= 15 is 0 Å². The molecule has 6 heteroatoms. The van der Waals surface area contributed by atoms with Crippen LogP contribution in [0.4, 0.5) is 11.4 Å². The van der Waals surface area contributed by atoms with Gasteiger partial charge in [0.25, 0.3) is 0 Å². The summed E-state index contributed by atoms with van der Waals surface area (Å²) in [6.07, 6.45) is 0. The zero-order chi connectivity index (χ0) is 16.7. The molecule has 4 aromatic rings. The summed E-state index contributed by atoms with van der Waals surface area (Å²) in [6, 6.07) is 12.0. The Morgan fingerprint density at radius 2 is 1.88 bits per heavy atom. The molecule has 0 saturated heterocycles. The highest BCUT2D eigenvalue weighted by Gasteiger charge is 2.13. The maximum absolute atomic E-state index is 5.91. The molecule has 0 unspecified atom stereocenters. The quantitative estimate of drug-likeness (QED) is 0.502. The molecule has 6 nitrogen and oxygen atoms in total. The minimum Gasteiger partial charge on any atom is -0.399 e. The molecule has 4 rings (SSSR count). The van der Waals surface area contributed by atoms with Crippen LogP contribution in [0.3, 0.4) is 0 Å². The Labute approximate surface area is 139 Å². The van der Waals surface area contributed by atoms with Gasteiger partial charge >= 0.3 is 0 Å². The molecule has 0 aliphatic rings. The Balaban J connectivity index is 1.83. The number of aromatic nitrogens is 4. The summed E-state index contributed by atoms with van der Waals surface area (Å²) in [7, 11) is 0. The van der Waals surface area contributed by atoms with E-state index in [-0.39, 0.29) is 0 Å². The molecule has 0 aliphatic heterocycles. The van der Waals surface area contributed by atoms with E-state index in [1.807, 2.05) is 24.3 Å². The number of anilines is 2. The number of rotatable bonds is 4. The van der Waals surface area contributed by atoms with Gasteiger partial charge in [-0.15, -0.1) is 0 Å². The summed E-state index contributed by atoms with van der Waals surface area (Å²) in [5.74, 6) is 0.749. The fourth-order valence-electron chi connectivity index (χ4n) is 3.11. The molecule has 0 amide bonds. The van der Waals surface area contributed by atoms with Crippen molar-refractivity contribution in [2.75, 3.05) is 23.7 Å². The first-order chi connectivity index (χ1) is 11.7. The lowest BCUT2D eigenvalue weighted by Crippen LogP contribution is -2.21. The van der Waals surface area contributed by atoms with Gasteiger partial charge in [0.15, 0.2) is 5.82 Å². The monoisotopic (exact) mass is 320 g/mol. The Hall–Kier alpha value is -3.02. The number of H-pyrrole nitrogens is 2. The Bertz CT molecular complexity index is 1010. The number of benzene rings is 2. The minimum absolute atomic E-state index is 0.713. The molecule has 0 atom stereocenters. The number of hydrogen-bond acceptors (Lipinski definition) is 4. The molecule has 2 aromatic heterocycles.